The standard InChI is InChI=1S/C16H24N2O2.ClH/c1-12(17)14-7-8-18(11-14)9-10-20-16-6-4-3-5-15(16)13(2)19;/h3-6,12,14H,7-11,17H2,1-2H3;1H. The lowest BCUT2D eigenvalue weighted by molar-refractivity contribution is 0.101. The summed E-state index contributed by atoms with van der Waals surface area (Å²) in [5.74, 6) is 1.32. The summed E-state index contributed by atoms with van der Waals surface area (Å²) in [5.41, 5.74) is 6.59. The molecule has 118 valence electrons. The predicted octanol–water partition coefficient (Wildman–Crippen LogP) is 2.36. The number of nitrogens with two attached hydrogens (primary N) is 1. The minimum absolute atomic E-state index is 0. The van der Waals surface area contributed by atoms with Crippen LogP contribution in [0.5, 0.6) is 5.75 Å². The van der Waals surface area contributed by atoms with Crippen LogP contribution in [-0.2, 0) is 0 Å². The number of ketones is 1. The molecule has 2 rings (SSSR count). The molecule has 0 saturated carbocycles. The van der Waals surface area contributed by atoms with E-state index < -0.39 is 0 Å². The number of carbonyl (C=O) groups is 1. The summed E-state index contributed by atoms with van der Waals surface area (Å²) in [6.45, 7) is 7.27. The van der Waals surface area contributed by atoms with Gasteiger partial charge in [-0.1, -0.05) is 12.1 Å². The van der Waals surface area contributed by atoms with Crippen LogP contribution in [0.2, 0.25) is 0 Å². The number of likely N-dealkylation sites (tertiary alicyclic amines) is 1. The smallest absolute Gasteiger partial charge is 0.163 e. The predicted molar refractivity (Wildman–Crippen MR) is 87.4 cm³/mol. The van der Waals surface area contributed by atoms with Crippen LogP contribution in [0.4, 0.5) is 0 Å². The average Bonchev–Trinajstić information content (AvgIpc) is 2.88. The summed E-state index contributed by atoms with van der Waals surface area (Å²) >= 11 is 0. The van der Waals surface area contributed by atoms with Crippen molar-refractivity contribution in [2.75, 3.05) is 26.2 Å². The van der Waals surface area contributed by atoms with E-state index in [1.54, 1.807) is 13.0 Å². The molecule has 0 radical (unpaired) electrons. The first kappa shape index (κ1) is 18.0. The number of hydrogen-bond acceptors (Lipinski definition) is 4. The molecule has 0 aliphatic carbocycles. The van der Waals surface area contributed by atoms with Crippen LogP contribution in [0.25, 0.3) is 0 Å². The van der Waals surface area contributed by atoms with Crippen LogP contribution < -0.4 is 10.5 Å². The summed E-state index contributed by atoms with van der Waals surface area (Å²) in [6.07, 6.45) is 1.17. The molecule has 1 aliphatic rings. The maximum atomic E-state index is 11.5. The number of ether oxygens (including phenoxy) is 1. The topological polar surface area (TPSA) is 55.6 Å². The molecule has 0 spiro atoms. The van der Waals surface area contributed by atoms with Crippen molar-refractivity contribution in [1.82, 2.24) is 4.90 Å². The van der Waals surface area contributed by atoms with Gasteiger partial charge in [0, 0.05) is 19.1 Å². The molecule has 0 bridgehead atoms. The molecule has 1 aromatic rings. The number of para-hydroxylation sites is 1. The molecular formula is C16H25ClN2O2. The van der Waals surface area contributed by atoms with E-state index in [2.05, 4.69) is 11.8 Å². The Kier molecular flexibility index (Phi) is 7.15. The highest BCUT2D eigenvalue weighted by Crippen LogP contribution is 2.20. The first-order valence-corrected chi connectivity index (χ1v) is 7.28. The molecule has 1 aliphatic heterocycles. The normalized spacial score (nSPS) is 19.9. The third kappa shape index (κ3) is 4.99. The van der Waals surface area contributed by atoms with Crippen LogP contribution in [0, 0.1) is 5.92 Å². The molecule has 0 amide bonds. The molecule has 1 aromatic carbocycles. The molecule has 1 fully saturated rings. The highest BCUT2D eigenvalue weighted by molar-refractivity contribution is 5.96. The maximum Gasteiger partial charge on any atom is 0.163 e. The Balaban J connectivity index is 0.00000220. The van der Waals surface area contributed by atoms with Gasteiger partial charge >= 0.3 is 0 Å². The van der Waals surface area contributed by atoms with Crippen LogP contribution in [0.3, 0.4) is 0 Å². The highest BCUT2D eigenvalue weighted by Gasteiger charge is 2.24. The number of benzene rings is 1. The number of Topliss-reactive ketones (excluding diaryl/α,β-unsaturated/α-hetero) is 1. The fourth-order valence-corrected chi connectivity index (χ4v) is 2.66. The van der Waals surface area contributed by atoms with Crippen molar-refractivity contribution in [2.45, 2.75) is 26.3 Å². The number of nitrogens with zero attached hydrogens (tertiary/aromatic N) is 1. The Bertz CT molecular complexity index is 465. The van der Waals surface area contributed by atoms with Crippen LogP contribution in [-0.4, -0.2) is 43.0 Å². The van der Waals surface area contributed by atoms with Crippen molar-refractivity contribution in [2.24, 2.45) is 11.7 Å². The van der Waals surface area contributed by atoms with E-state index in [1.165, 1.54) is 6.42 Å². The average molecular weight is 313 g/mol. The maximum absolute atomic E-state index is 11.5. The third-order valence-electron chi connectivity index (χ3n) is 3.98. The lowest BCUT2D eigenvalue weighted by Gasteiger charge is -2.18. The number of halogens is 1. The Morgan fingerprint density at radius 3 is 2.81 bits per heavy atom. The molecular weight excluding hydrogens is 288 g/mol. The minimum atomic E-state index is 0. The zero-order chi connectivity index (χ0) is 14.5. The van der Waals surface area contributed by atoms with Crippen molar-refractivity contribution >= 4 is 18.2 Å². The fourth-order valence-electron chi connectivity index (χ4n) is 2.66. The molecule has 2 N–H and O–H groups in total. The first-order chi connectivity index (χ1) is 9.58. The van der Waals surface area contributed by atoms with E-state index in [0.717, 1.165) is 19.6 Å². The van der Waals surface area contributed by atoms with Crippen molar-refractivity contribution in [3.8, 4) is 5.75 Å². The van der Waals surface area contributed by atoms with Gasteiger partial charge in [-0.05, 0) is 44.9 Å². The van der Waals surface area contributed by atoms with E-state index in [1.807, 2.05) is 18.2 Å². The molecule has 2 atom stereocenters. The van der Waals surface area contributed by atoms with E-state index in [9.17, 15) is 4.79 Å². The molecule has 1 heterocycles. The van der Waals surface area contributed by atoms with Crippen molar-refractivity contribution in [3.63, 3.8) is 0 Å². The fraction of sp³-hybridized carbons (Fsp3) is 0.562. The van der Waals surface area contributed by atoms with Gasteiger partial charge in [0.2, 0.25) is 0 Å². The van der Waals surface area contributed by atoms with E-state index in [0.29, 0.717) is 23.8 Å². The summed E-state index contributed by atoms with van der Waals surface area (Å²) < 4.78 is 5.76. The Morgan fingerprint density at radius 2 is 2.19 bits per heavy atom. The summed E-state index contributed by atoms with van der Waals surface area (Å²) in [7, 11) is 0. The van der Waals surface area contributed by atoms with Gasteiger partial charge in [0.05, 0.1) is 5.56 Å². The molecule has 5 heteroatoms. The van der Waals surface area contributed by atoms with Gasteiger partial charge < -0.3 is 10.5 Å². The Morgan fingerprint density at radius 1 is 1.48 bits per heavy atom. The Hall–Kier alpha value is -1.10. The van der Waals surface area contributed by atoms with E-state index in [-0.39, 0.29) is 24.2 Å². The van der Waals surface area contributed by atoms with Gasteiger partial charge in [-0.2, -0.15) is 0 Å². The molecule has 21 heavy (non-hydrogen) atoms. The summed E-state index contributed by atoms with van der Waals surface area (Å²) in [4.78, 5) is 13.9. The number of rotatable bonds is 6. The number of hydrogen-bond donors (Lipinski definition) is 1. The van der Waals surface area contributed by atoms with Crippen LogP contribution in [0.1, 0.15) is 30.6 Å². The third-order valence-corrected chi connectivity index (χ3v) is 3.98. The van der Waals surface area contributed by atoms with Gasteiger partial charge in [-0.3, -0.25) is 9.69 Å². The second kappa shape index (κ2) is 8.37. The molecule has 2 unspecified atom stereocenters. The van der Waals surface area contributed by atoms with Crippen molar-refractivity contribution in [1.29, 1.82) is 0 Å². The van der Waals surface area contributed by atoms with Gasteiger partial charge in [0.25, 0.3) is 0 Å². The van der Waals surface area contributed by atoms with Crippen molar-refractivity contribution in [3.05, 3.63) is 29.8 Å². The zero-order valence-corrected chi connectivity index (χ0v) is 13.6. The molecule has 0 aromatic heterocycles. The lowest BCUT2D eigenvalue weighted by atomic mass is 10.0. The van der Waals surface area contributed by atoms with Crippen molar-refractivity contribution < 1.29 is 9.53 Å². The molecule has 4 nitrogen and oxygen atoms in total. The zero-order valence-electron chi connectivity index (χ0n) is 12.7. The lowest BCUT2D eigenvalue weighted by Crippen LogP contribution is -2.31. The summed E-state index contributed by atoms with van der Waals surface area (Å²) in [6, 6.07) is 7.67. The quantitative estimate of drug-likeness (QED) is 0.819. The minimum Gasteiger partial charge on any atom is -0.491 e. The second-order valence-electron chi connectivity index (χ2n) is 5.61. The van der Waals surface area contributed by atoms with Gasteiger partial charge in [-0.15, -0.1) is 12.4 Å². The van der Waals surface area contributed by atoms with Gasteiger partial charge in [0.1, 0.15) is 12.4 Å². The van der Waals surface area contributed by atoms with Gasteiger partial charge in [-0.25, -0.2) is 0 Å². The van der Waals surface area contributed by atoms with E-state index in [4.69, 9.17) is 10.5 Å². The Labute approximate surface area is 133 Å². The SMILES string of the molecule is CC(=O)c1ccccc1OCCN1CCC(C(C)N)C1.Cl. The second-order valence-corrected chi connectivity index (χ2v) is 5.61. The van der Waals surface area contributed by atoms with Gasteiger partial charge in [0.15, 0.2) is 5.78 Å². The largest absolute Gasteiger partial charge is 0.491 e. The van der Waals surface area contributed by atoms with Crippen LogP contribution >= 0.6 is 12.4 Å². The first-order valence-electron chi connectivity index (χ1n) is 7.28. The summed E-state index contributed by atoms with van der Waals surface area (Å²) in [5, 5.41) is 0. The van der Waals surface area contributed by atoms with Crippen LogP contribution in [0.15, 0.2) is 24.3 Å². The van der Waals surface area contributed by atoms with E-state index >= 15 is 0 Å². The monoisotopic (exact) mass is 312 g/mol. The molecule has 1 saturated heterocycles. The highest BCUT2D eigenvalue weighted by atomic mass is 35.5. The number of carbonyl (C=O) groups excluding carboxylic acids is 1.